The summed E-state index contributed by atoms with van der Waals surface area (Å²) in [6.45, 7) is 10.7. The zero-order chi connectivity index (χ0) is 12.2. The van der Waals surface area contributed by atoms with Crippen molar-refractivity contribution in [3.63, 3.8) is 0 Å². The molecule has 0 saturated heterocycles. The molecule has 0 bridgehead atoms. The number of hydrogen-bond donors (Lipinski definition) is 1. The maximum atomic E-state index is 3.37. The van der Waals surface area contributed by atoms with Gasteiger partial charge in [-0.25, -0.2) is 0 Å². The van der Waals surface area contributed by atoms with Gasteiger partial charge in [0.25, 0.3) is 0 Å². The minimum absolute atomic E-state index is 0.474. The van der Waals surface area contributed by atoms with Crippen molar-refractivity contribution in [2.45, 2.75) is 40.0 Å². The Kier molecular flexibility index (Phi) is 5.26. The van der Waals surface area contributed by atoms with Crippen LogP contribution in [0.4, 0.5) is 0 Å². The molecule has 16 heavy (non-hydrogen) atoms. The Labute approximate surface area is 102 Å². The van der Waals surface area contributed by atoms with Crippen LogP contribution in [0.25, 0.3) is 0 Å². The van der Waals surface area contributed by atoms with Gasteiger partial charge in [0.2, 0.25) is 0 Å². The van der Waals surface area contributed by atoms with Gasteiger partial charge in [-0.05, 0) is 50.6 Å². The molecule has 1 aliphatic carbocycles. The zero-order valence-corrected chi connectivity index (χ0v) is 11.8. The third kappa shape index (κ3) is 3.74. The van der Waals surface area contributed by atoms with E-state index in [-0.39, 0.29) is 0 Å². The van der Waals surface area contributed by atoms with E-state index in [9.17, 15) is 0 Å². The van der Waals surface area contributed by atoms with Crippen LogP contribution in [0.15, 0.2) is 0 Å². The number of hydrogen-bond acceptors (Lipinski definition) is 2. The highest BCUT2D eigenvalue weighted by Gasteiger charge is 2.35. The summed E-state index contributed by atoms with van der Waals surface area (Å²) < 4.78 is 0. The molecule has 2 nitrogen and oxygen atoms in total. The highest BCUT2D eigenvalue weighted by atomic mass is 15.1. The highest BCUT2D eigenvalue weighted by molar-refractivity contribution is 4.87. The molecule has 0 aromatic carbocycles. The monoisotopic (exact) mass is 226 g/mol. The van der Waals surface area contributed by atoms with E-state index in [4.69, 9.17) is 0 Å². The number of nitrogens with zero attached hydrogens (tertiary/aromatic N) is 1. The maximum absolute atomic E-state index is 3.37. The molecule has 2 unspecified atom stereocenters. The van der Waals surface area contributed by atoms with E-state index in [1.165, 1.54) is 32.4 Å². The van der Waals surface area contributed by atoms with Gasteiger partial charge in [0.15, 0.2) is 0 Å². The van der Waals surface area contributed by atoms with Gasteiger partial charge >= 0.3 is 0 Å². The first-order valence-electron chi connectivity index (χ1n) is 6.90. The van der Waals surface area contributed by atoms with Crippen LogP contribution in [0.1, 0.15) is 40.0 Å². The first-order chi connectivity index (χ1) is 7.56. The molecule has 96 valence electrons. The lowest BCUT2D eigenvalue weighted by Crippen LogP contribution is -2.42. The molecular weight excluding hydrogens is 196 g/mol. The van der Waals surface area contributed by atoms with Crippen LogP contribution in [0, 0.1) is 17.3 Å². The summed E-state index contributed by atoms with van der Waals surface area (Å²) in [6, 6.07) is 0. The second kappa shape index (κ2) is 6.02. The van der Waals surface area contributed by atoms with Gasteiger partial charge in [0, 0.05) is 19.6 Å². The predicted molar refractivity (Wildman–Crippen MR) is 71.7 cm³/mol. The quantitative estimate of drug-likeness (QED) is 0.684. The molecule has 1 N–H and O–H groups in total. The Balaban J connectivity index is 2.40. The molecule has 1 saturated carbocycles. The molecule has 0 aromatic heterocycles. The number of nitrogens with one attached hydrogen (secondary N) is 1. The molecule has 1 aliphatic rings. The summed E-state index contributed by atoms with van der Waals surface area (Å²) in [6.07, 6.45) is 3.99. The van der Waals surface area contributed by atoms with Crippen molar-refractivity contribution in [3.8, 4) is 0 Å². The summed E-state index contributed by atoms with van der Waals surface area (Å²) in [4.78, 5) is 2.55. The van der Waals surface area contributed by atoms with Crippen LogP contribution in [-0.2, 0) is 0 Å². The summed E-state index contributed by atoms with van der Waals surface area (Å²) in [5.74, 6) is 1.95. The van der Waals surface area contributed by atoms with Gasteiger partial charge in [-0.15, -0.1) is 0 Å². The van der Waals surface area contributed by atoms with E-state index in [1.807, 2.05) is 0 Å². The van der Waals surface area contributed by atoms with Crippen LogP contribution in [-0.4, -0.2) is 38.6 Å². The maximum Gasteiger partial charge on any atom is 0.00470 e. The van der Waals surface area contributed by atoms with Crippen molar-refractivity contribution >= 4 is 0 Å². The zero-order valence-electron chi connectivity index (χ0n) is 11.8. The topological polar surface area (TPSA) is 15.3 Å². The Bertz CT molecular complexity index is 199. The van der Waals surface area contributed by atoms with Gasteiger partial charge in [0.05, 0.1) is 0 Å². The predicted octanol–water partition coefficient (Wildman–Crippen LogP) is 2.60. The fourth-order valence-corrected chi connectivity index (χ4v) is 2.85. The normalized spacial score (nSPS) is 25.1. The Morgan fingerprint density at radius 1 is 1.31 bits per heavy atom. The molecule has 0 aromatic rings. The lowest BCUT2D eigenvalue weighted by atomic mass is 9.81. The van der Waals surface area contributed by atoms with Crippen molar-refractivity contribution in [3.05, 3.63) is 0 Å². The second-order valence-corrected chi connectivity index (χ2v) is 5.91. The van der Waals surface area contributed by atoms with E-state index in [0.29, 0.717) is 5.41 Å². The van der Waals surface area contributed by atoms with E-state index in [0.717, 1.165) is 18.4 Å². The van der Waals surface area contributed by atoms with Gasteiger partial charge in [-0.1, -0.05) is 20.8 Å². The SMILES string of the molecule is CCC(CC)(CNC)CN(C)CC1CC1C. The number of rotatable bonds is 8. The fraction of sp³-hybridized carbons (Fsp3) is 1.00. The van der Waals surface area contributed by atoms with Crippen LogP contribution in [0.5, 0.6) is 0 Å². The molecule has 2 atom stereocenters. The molecule has 1 fully saturated rings. The van der Waals surface area contributed by atoms with Crippen molar-refractivity contribution in [2.75, 3.05) is 33.7 Å². The van der Waals surface area contributed by atoms with E-state index in [1.54, 1.807) is 0 Å². The molecule has 0 amide bonds. The lowest BCUT2D eigenvalue weighted by molar-refractivity contribution is 0.153. The molecule has 2 heteroatoms. The molecule has 1 rings (SSSR count). The van der Waals surface area contributed by atoms with Crippen LogP contribution >= 0.6 is 0 Å². The van der Waals surface area contributed by atoms with Gasteiger partial charge in [-0.2, -0.15) is 0 Å². The third-order valence-electron chi connectivity index (χ3n) is 4.48. The minimum atomic E-state index is 0.474. The summed E-state index contributed by atoms with van der Waals surface area (Å²) in [5.41, 5.74) is 0.474. The van der Waals surface area contributed by atoms with Crippen molar-refractivity contribution in [1.82, 2.24) is 10.2 Å². The van der Waals surface area contributed by atoms with Gasteiger partial charge in [0.1, 0.15) is 0 Å². The molecule has 0 spiro atoms. The van der Waals surface area contributed by atoms with Gasteiger partial charge in [-0.3, -0.25) is 0 Å². The van der Waals surface area contributed by atoms with Crippen LogP contribution in [0.3, 0.4) is 0 Å². The standard InChI is InChI=1S/C14H30N2/c1-6-14(7-2,10-15-4)11-16(5)9-13-8-12(13)3/h12-13,15H,6-11H2,1-5H3. The Morgan fingerprint density at radius 2 is 1.88 bits per heavy atom. The van der Waals surface area contributed by atoms with Crippen molar-refractivity contribution < 1.29 is 0 Å². The van der Waals surface area contributed by atoms with Crippen LogP contribution < -0.4 is 5.32 Å². The highest BCUT2D eigenvalue weighted by Crippen LogP contribution is 2.38. The largest absolute Gasteiger partial charge is 0.319 e. The second-order valence-electron chi connectivity index (χ2n) is 5.91. The third-order valence-corrected chi connectivity index (χ3v) is 4.48. The first kappa shape index (κ1) is 14.0. The first-order valence-corrected chi connectivity index (χ1v) is 6.90. The Morgan fingerprint density at radius 3 is 2.25 bits per heavy atom. The summed E-state index contributed by atoms with van der Waals surface area (Å²) >= 11 is 0. The van der Waals surface area contributed by atoms with Crippen molar-refractivity contribution in [2.24, 2.45) is 17.3 Å². The molecular formula is C14H30N2. The van der Waals surface area contributed by atoms with E-state index >= 15 is 0 Å². The molecule has 0 radical (unpaired) electrons. The lowest BCUT2D eigenvalue weighted by Gasteiger charge is -2.35. The summed E-state index contributed by atoms with van der Waals surface area (Å²) in [7, 11) is 4.36. The van der Waals surface area contributed by atoms with Crippen LogP contribution in [0.2, 0.25) is 0 Å². The minimum Gasteiger partial charge on any atom is -0.319 e. The van der Waals surface area contributed by atoms with E-state index < -0.39 is 0 Å². The average Bonchev–Trinajstić information content (AvgIpc) is 2.93. The van der Waals surface area contributed by atoms with Gasteiger partial charge < -0.3 is 10.2 Å². The summed E-state index contributed by atoms with van der Waals surface area (Å²) in [5, 5.41) is 3.37. The molecule has 0 heterocycles. The molecule has 0 aliphatic heterocycles. The Hall–Kier alpha value is -0.0800. The van der Waals surface area contributed by atoms with Crippen molar-refractivity contribution in [1.29, 1.82) is 0 Å². The fourth-order valence-electron chi connectivity index (χ4n) is 2.85. The van der Waals surface area contributed by atoms with E-state index in [2.05, 4.69) is 45.1 Å². The smallest absolute Gasteiger partial charge is 0.00470 e. The average molecular weight is 226 g/mol.